The van der Waals surface area contributed by atoms with E-state index >= 15 is 0 Å². The maximum atomic E-state index is 14.7. The van der Waals surface area contributed by atoms with Gasteiger partial charge in [0.25, 0.3) is 0 Å². The molecule has 2 bridgehead atoms. The van der Waals surface area contributed by atoms with Gasteiger partial charge < -0.3 is 19.3 Å². The number of rotatable bonds is 14. The first-order valence-corrected chi connectivity index (χ1v) is 18.8. The summed E-state index contributed by atoms with van der Waals surface area (Å²) >= 11 is 13.2. The van der Waals surface area contributed by atoms with Crippen LogP contribution in [0, 0.1) is 17.7 Å². The van der Waals surface area contributed by atoms with Gasteiger partial charge in [-0.15, -0.1) is 0 Å². The lowest BCUT2D eigenvalue weighted by Crippen LogP contribution is -2.53. The number of fused-ring (bicyclic) bond motifs is 3. The lowest BCUT2D eigenvalue weighted by Gasteiger charge is -2.44. The van der Waals surface area contributed by atoms with Crippen LogP contribution in [-0.2, 0) is 17.7 Å². The van der Waals surface area contributed by atoms with Gasteiger partial charge in [-0.1, -0.05) is 47.5 Å². The van der Waals surface area contributed by atoms with Crippen molar-refractivity contribution in [2.24, 2.45) is 11.8 Å². The normalized spacial score (nSPS) is 19.6. The van der Waals surface area contributed by atoms with Crippen LogP contribution < -0.4 is 19.1 Å². The van der Waals surface area contributed by atoms with Crippen molar-refractivity contribution in [3.05, 3.63) is 117 Å². The van der Waals surface area contributed by atoms with Gasteiger partial charge in [0, 0.05) is 22.8 Å². The number of nitrogens with zero attached hydrogens (tertiary/aromatic N) is 3. The highest BCUT2D eigenvalue weighted by atomic mass is 35.5. The molecule has 1 aliphatic carbocycles. The Morgan fingerprint density at radius 1 is 0.964 bits per heavy atom. The number of halogens is 5. The average molecular weight is 802 g/mol. The van der Waals surface area contributed by atoms with Gasteiger partial charge >= 0.3 is 18.7 Å². The average Bonchev–Trinajstić information content (AvgIpc) is 3.98. The van der Waals surface area contributed by atoms with Crippen molar-refractivity contribution < 1.29 is 52.0 Å². The molecule has 1 saturated carbocycles. The smallest absolute Gasteiger partial charge is 0.414 e. The van der Waals surface area contributed by atoms with Gasteiger partial charge in [-0.2, -0.15) is 8.78 Å². The zero-order chi connectivity index (χ0) is 38.8. The zero-order valence-corrected chi connectivity index (χ0v) is 31.1. The number of hydrogen-bond acceptors (Lipinski definition) is 7. The second-order valence-corrected chi connectivity index (χ2v) is 15.0. The molecule has 10 nitrogen and oxygen atoms in total. The zero-order valence-electron chi connectivity index (χ0n) is 29.6. The summed E-state index contributed by atoms with van der Waals surface area (Å²) in [5.41, 5.74) is 1.47. The Morgan fingerprint density at radius 2 is 1.69 bits per heavy atom. The number of carboxylic acids is 1. The first-order valence-electron chi connectivity index (χ1n) is 18.0. The number of carbonyl (C=O) groups is 2. The molecular formula is C40H39Cl2F3N3O7+. The number of ether oxygens (including phenoxy) is 3. The SMILES string of the molecule is O=C(O)c1cccc(CN(C(=O)O[C@H]2CN3CCC2CC3)c2cccc(F)c2)c1[C@@H](Cc1c(Cl)c[n+](O)cc1Cl)c1ccc(OC(F)F)c(OCC2CC2)c1. The Bertz CT molecular complexity index is 2040. The second kappa shape index (κ2) is 16.6. The summed E-state index contributed by atoms with van der Waals surface area (Å²) in [6.45, 7) is -0.670. The van der Waals surface area contributed by atoms with Crippen molar-refractivity contribution in [1.82, 2.24) is 4.90 Å². The molecule has 3 saturated heterocycles. The van der Waals surface area contributed by atoms with Crippen LogP contribution in [0.15, 0.2) is 73.1 Å². The fourth-order valence-electron chi connectivity index (χ4n) is 7.53. The van der Waals surface area contributed by atoms with Crippen LogP contribution in [0.2, 0.25) is 10.0 Å². The molecule has 1 amide bonds. The van der Waals surface area contributed by atoms with E-state index in [4.69, 9.17) is 37.4 Å². The molecule has 0 spiro atoms. The van der Waals surface area contributed by atoms with Crippen molar-refractivity contribution in [3.8, 4) is 11.5 Å². The van der Waals surface area contributed by atoms with Gasteiger partial charge in [0.05, 0.1) is 24.4 Å². The number of alkyl halides is 2. The highest BCUT2D eigenvalue weighted by molar-refractivity contribution is 6.35. The van der Waals surface area contributed by atoms with Crippen LogP contribution in [0.25, 0.3) is 0 Å². The predicted octanol–water partition coefficient (Wildman–Crippen LogP) is 8.36. The number of aromatic carboxylic acids is 1. The van der Waals surface area contributed by atoms with Gasteiger partial charge in [-0.3, -0.25) is 15.0 Å². The van der Waals surface area contributed by atoms with Gasteiger partial charge in [0.1, 0.15) is 22.0 Å². The molecule has 2 N–H and O–H groups in total. The Balaban J connectivity index is 1.35. The molecule has 0 unspecified atom stereocenters. The van der Waals surface area contributed by atoms with E-state index in [1.165, 1.54) is 59.8 Å². The molecule has 290 valence electrons. The van der Waals surface area contributed by atoms with E-state index in [0.29, 0.717) is 28.0 Å². The summed E-state index contributed by atoms with van der Waals surface area (Å²) < 4.78 is 59.4. The van der Waals surface area contributed by atoms with Crippen molar-refractivity contribution in [1.29, 1.82) is 0 Å². The van der Waals surface area contributed by atoms with Crippen molar-refractivity contribution >= 4 is 41.0 Å². The number of pyridine rings is 1. The molecule has 15 heteroatoms. The number of aromatic nitrogens is 1. The third-order valence-electron chi connectivity index (χ3n) is 10.5. The molecule has 3 aliphatic heterocycles. The maximum absolute atomic E-state index is 14.7. The number of piperidine rings is 3. The van der Waals surface area contributed by atoms with Crippen LogP contribution in [0.5, 0.6) is 11.5 Å². The fraction of sp³-hybridized carbons (Fsp3) is 0.375. The van der Waals surface area contributed by atoms with Crippen LogP contribution >= 0.6 is 23.2 Å². The molecule has 4 aliphatic rings. The van der Waals surface area contributed by atoms with E-state index in [9.17, 15) is 33.1 Å². The van der Waals surface area contributed by atoms with Crippen LogP contribution in [0.4, 0.5) is 23.7 Å². The first-order chi connectivity index (χ1) is 26.4. The van der Waals surface area contributed by atoms with E-state index in [2.05, 4.69) is 4.90 Å². The van der Waals surface area contributed by atoms with Gasteiger partial charge in [-0.05, 0) is 110 Å². The van der Waals surface area contributed by atoms with Crippen molar-refractivity contribution in [3.63, 3.8) is 0 Å². The minimum absolute atomic E-state index is 0.0324. The van der Waals surface area contributed by atoms with Crippen LogP contribution in [0.1, 0.15) is 64.2 Å². The van der Waals surface area contributed by atoms with Gasteiger partial charge in [0.15, 0.2) is 11.5 Å². The summed E-state index contributed by atoms with van der Waals surface area (Å²) in [4.78, 5) is 30.8. The maximum Gasteiger partial charge on any atom is 0.414 e. The van der Waals surface area contributed by atoms with Crippen molar-refractivity contribution in [2.75, 3.05) is 31.1 Å². The summed E-state index contributed by atoms with van der Waals surface area (Å²) in [5.74, 6) is -2.50. The molecule has 1 aromatic heterocycles. The third-order valence-corrected chi connectivity index (χ3v) is 11.2. The molecule has 4 aromatic rings. The highest BCUT2D eigenvalue weighted by Gasteiger charge is 2.38. The Hall–Kier alpha value is -4.72. The molecular weight excluding hydrogens is 762 g/mol. The molecule has 3 aromatic carbocycles. The largest absolute Gasteiger partial charge is 0.489 e. The molecule has 2 atom stereocenters. The summed E-state index contributed by atoms with van der Waals surface area (Å²) in [5, 5.41) is 20.9. The Kier molecular flexibility index (Phi) is 11.6. The Morgan fingerprint density at radius 3 is 2.33 bits per heavy atom. The van der Waals surface area contributed by atoms with E-state index < -0.39 is 30.4 Å². The molecule has 4 heterocycles. The predicted molar refractivity (Wildman–Crippen MR) is 196 cm³/mol. The lowest BCUT2D eigenvalue weighted by atomic mass is 9.80. The van der Waals surface area contributed by atoms with Gasteiger partial charge in [-0.25, -0.2) is 14.0 Å². The lowest BCUT2D eigenvalue weighted by molar-refractivity contribution is -0.904. The number of carboxylic acid groups (broad SMARTS) is 1. The number of carbonyl (C=O) groups excluding carboxylic acids is 1. The standard InChI is InChI=1S/C40H38Cl2F3N3O7/c41-32-19-47(52)20-33(42)31(32)17-30(25-9-10-34(54-39(44)45)35(15-25)53-22-23-7-8-23)37-26(3-1-6-29(37)38(49)50)18-48(28-5-2-4-27(43)16-28)40(51)55-36-21-46-13-11-24(36)12-14-46/h1-6,9-10,15-16,19-20,23-24,30,36,39H,7-8,11-14,17-18,21-22H2,(H-,49,50,52)/p+1/t30-,36-/m0/s1. The monoisotopic (exact) mass is 800 g/mol. The first kappa shape index (κ1) is 38.6. The molecule has 8 rings (SSSR count). The molecule has 55 heavy (non-hydrogen) atoms. The number of amides is 1. The van der Waals surface area contributed by atoms with Crippen molar-refractivity contribution in [2.45, 2.75) is 57.3 Å². The highest BCUT2D eigenvalue weighted by Crippen LogP contribution is 2.42. The van der Waals surface area contributed by atoms with E-state index in [0.717, 1.165) is 38.8 Å². The molecule has 0 radical (unpaired) electrons. The number of benzene rings is 3. The fourth-order valence-corrected chi connectivity index (χ4v) is 8.13. The minimum Gasteiger partial charge on any atom is -0.489 e. The molecule has 4 fully saturated rings. The Labute approximate surface area is 325 Å². The van der Waals surface area contributed by atoms with E-state index in [1.54, 1.807) is 18.2 Å². The number of anilines is 1. The van der Waals surface area contributed by atoms with E-state index in [-0.39, 0.29) is 75.9 Å². The van der Waals surface area contributed by atoms with Crippen LogP contribution in [0.3, 0.4) is 0 Å². The summed E-state index contributed by atoms with van der Waals surface area (Å²) in [6, 6.07) is 14.5. The summed E-state index contributed by atoms with van der Waals surface area (Å²) in [6.07, 6.45) is 4.95. The quantitative estimate of drug-likeness (QED) is 0.0968. The number of hydrogen-bond donors (Lipinski definition) is 2. The topological polar surface area (TPSA) is 113 Å². The van der Waals surface area contributed by atoms with E-state index in [1.807, 2.05) is 0 Å². The van der Waals surface area contributed by atoms with Crippen LogP contribution in [-0.4, -0.2) is 66.2 Å². The summed E-state index contributed by atoms with van der Waals surface area (Å²) in [7, 11) is 0. The third kappa shape index (κ3) is 9.06. The second-order valence-electron chi connectivity index (χ2n) is 14.2. The van der Waals surface area contributed by atoms with Gasteiger partial charge in [0.2, 0.25) is 12.4 Å². The minimum atomic E-state index is -3.13.